The van der Waals surface area contributed by atoms with Gasteiger partial charge in [-0.2, -0.15) is 0 Å². The lowest BCUT2D eigenvalue weighted by atomic mass is 9.49. The predicted octanol–water partition coefficient (Wildman–Crippen LogP) is 2.21. The van der Waals surface area contributed by atoms with Crippen molar-refractivity contribution in [3.8, 4) is 0 Å². The number of carbonyl (C=O) groups excluding carboxylic acids is 3. The Morgan fingerprint density at radius 1 is 1.12 bits per heavy atom. The minimum Gasteiger partial charge on any atom is -0.453 e. The zero-order chi connectivity index (χ0) is 18.9. The van der Waals surface area contributed by atoms with Crippen molar-refractivity contribution in [1.82, 2.24) is 0 Å². The minimum absolute atomic E-state index is 0.107. The molecule has 0 aromatic carbocycles. The highest BCUT2D eigenvalue weighted by Crippen LogP contribution is 2.63. The third-order valence-electron chi connectivity index (χ3n) is 7.02. The number of ketones is 1. The highest BCUT2D eigenvalue weighted by molar-refractivity contribution is 6.04. The van der Waals surface area contributed by atoms with Gasteiger partial charge in [-0.1, -0.05) is 18.9 Å². The fourth-order valence-electron chi connectivity index (χ4n) is 5.76. The molecular formula is C20H24O6. The van der Waals surface area contributed by atoms with Crippen LogP contribution in [0.1, 0.15) is 52.9 Å². The van der Waals surface area contributed by atoms with Gasteiger partial charge in [0.25, 0.3) is 0 Å². The van der Waals surface area contributed by atoms with Crippen molar-refractivity contribution in [2.45, 2.75) is 65.3 Å². The van der Waals surface area contributed by atoms with E-state index in [0.29, 0.717) is 24.0 Å². The molecule has 0 spiro atoms. The number of Topliss-reactive ketones (excluding diaryl/α,β-unsaturated/α-hetero) is 1. The van der Waals surface area contributed by atoms with Crippen LogP contribution in [0.3, 0.4) is 0 Å². The highest BCUT2D eigenvalue weighted by Gasteiger charge is 2.66. The number of aliphatic hydroxyl groups is 1. The molecule has 2 heterocycles. The molecule has 0 amide bonds. The molecule has 1 saturated carbocycles. The van der Waals surface area contributed by atoms with Crippen molar-refractivity contribution in [1.29, 1.82) is 0 Å². The number of esters is 2. The molecule has 1 saturated heterocycles. The first-order chi connectivity index (χ1) is 12.2. The van der Waals surface area contributed by atoms with E-state index in [1.54, 1.807) is 6.92 Å². The fraction of sp³-hybridized carbons (Fsp3) is 0.650. The Labute approximate surface area is 152 Å². The molecule has 4 aliphatic rings. The van der Waals surface area contributed by atoms with Gasteiger partial charge < -0.3 is 14.6 Å². The van der Waals surface area contributed by atoms with E-state index in [4.69, 9.17) is 9.47 Å². The van der Waals surface area contributed by atoms with Crippen LogP contribution < -0.4 is 0 Å². The Kier molecular flexibility index (Phi) is 3.71. The molecule has 0 aromatic heterocycles. The molecule has 6 heteroatoms. The highest BCUT2D eigenvalue weighted by atomic mass is 16.6. The smallest absolute Gasteiger partial charge is 0.336 e. The molecule has 6 nitrogen and oxygen atoms in total. The quantitative estimate of drug-likeness (QED) is 0.776. The first-order valence-corrected chi connectivity index (χ1v) is 9.24. The van der Waals surface area contributed by atoms with Crippen LogP contribution in [0.2, 0.25) is 0 Å². The van der Waals surface area contributed by atoms with Crippen molar-refractivity contribution in [2.24, 2.45) is 16.7 Å². The van der Waals surface area contributed by atoms with Gasteiger partial charge in [0.05, 0.1) is 5.41 Å². The zero-order valence-corrected chi connectivity index (χ0v) is 15.3. The first-order valence-electron chi connectivity index (χ1n) is 9.24. The van der Waals surface area contributed by atoms with Crippen molar-refractivity contribution < 1.29 is 29.0 Å². The van der Waals surface area contributed by atoms with Crippen LogP contribution in [-0.2, 0) is 23.9 Å². The van der Waals surface area contributed by atoms with Crippen LogP contribution in [0, 0.1) is 16.7 Å². The molecule has 0 aromatic rings. The van der Waals surface area contributed by atoms with Gasteiger partial charge in [0, 0.05) is 11.5 Å². The summed E-state index contributed by atoms with van der Waals surface area (Å²) in [7, 11) is 0. The van der Waals surface area contributed by atoms with E-state index in [0.717, 1.165) is 24.8 Å². The number of cyclic esters (lactones) is 1. The van der Waals surface area contributed by atoms with E-state index >= 15 is 0 Å². The molecule has 2 aliphatic carbocycles. The molecule has 0 bridgehead atoms. The van der Waals surface area contributed by atoms with Crippen molar-refractivity contribution in [2.75, 3.05) is 0 Å². The van der Waals surface area contributed by atoms with Crippen molar-refractivity contribution in [3.05, 3.63) is 22.8 Å². The summed E-state index contributed by atoms with van der Waals surface area (Å²) < 4.78 is 10.3. The number of carbonyl (C=O) groups is 3. The molecule has 1 N–H and O–H groups in total. The molecule has 2 fully saturated rings. The third kappa shape index (κ3) is 2.17. The summed E-state index contributed by atoms with van der Waals surface area (Å²) in [5.41, 5.74) is 1.18. The largest absolute Gasteiger partial charge is 0.453 e. The average Bonchev–Trinajstić information content (AvgIpc) is 3.03. The molecule has 140 valence electrons. The summed E-state index contributed by atoms with van der Waals surface area (Å²) in [6.07, 6.45) is 3.04. The van der Waals surface area contributed by atoms with Crippen LogP contribution >= 0.6 is 0 Å². The number of rotatable bonds is 3. The van der Waals surface area contributed by atoms with Crippen LogP contribution in [0.4, 0.5) is 0 Å². The summed E-state index contributed by atoms with van der Waals surface area (Å²) in [5.74, 6) is -1.03. The fourth-order valence-corrected chi connectivity index (χ4v) is 5.76. The molecule has 2 aliphatic heterocycles. The van der Waals surface area contributed by atoms with Crippen LogP contribution in [0.25, 0.3) is 0 Å². The van der Waals surface area contributed by atoms with Gasteiger partial charge in [-0.15, -0.1) is 0 Å². The standard InChI is InChI=1S/C20H24O6/c1-10-12(6-5-11-9-13(21)25-17(11)23)19(2)7-4-8-20(3)16(19)15(14(10)22)26-18(20)24/h9,13,15-16,21H,4-8H2,1-3H3. The molecule has 26 heavy (non-hydrogen) atoms. The monoisotopic (exact) mass is 360 g/mol. The van der Waals surface area contributed by atoms with Gasteiger partial charge in [0.1, 0.15) is 0 Å². The topological polar surface area (TPSA) is 89.9 Å². The van der Waals surface area contributed by atoms with Crippen molar-refractivity contribution in [3.63, 3.8) is 0 Å². The van der Waals surface area contributed by atoms with Crippen molar-refractivity contribution >= 4 is 17.7 Å². The Hall–Kier alpha value is -1.95. The minimum atomic E-state index is -1.18. The average molecular weight is 360 g/mol. The zero-order valence-electron chi connectivity index (χ0n) is 15.3. The number of aliphatic hydroxyl groups excluding tert-OH is 1. The summed E-state index contributed by atoms with van der Waals surface area (Å²) in [4.78, 5) is 37.2. The molecule has 5 unspecified atom stereocenters. The van der Waals surface area contributed by atoms with Gasteiger partial charge in [0.15, 0.2) is 11.9 Å². The van der Waals surface area contributed by atoms with Gasteiger partial charge >= 0.3 is 11.9 Å². The second-order valence-corrected chi connectivity index (χ2v) is 8.45. The number of hydrogen-bond donors (Lipinski definition) is 1. The van der Waals surface area contributed by atoms with Gasteiger partial charge in [0.2, 0.25) is 6.29 Å². The summed E-state index contributed by atoms with van der Waals surface area (Å²) in [6, 6.07) is 0. The lowest BCUT2D eigenvalue weighted by Crippen LogP contribution is -2.52. The number of ether oxygens (including phenoxy) is 2. The van der Waals surface area contributed by atoms with E-state index in [1.807, 2.05) is 6.92 Å². The normalized spacial score (nSPS) is 41.8. The van der Waals surface area contributed by atoms with Crippen LogP contribution in [0.15, 0.2) is 22.8 Å². The maximum Gasteiger partial charge on any atom is 0.336 e. The van der Waals surface area contributed by atoms with Crippen LogP contribution in [-0.4, -0.2) is 35.2 Å². The second-order valence-electron chi connectivity index (χ2n) is 8.45. The predicted molar refractivity (Wildman–Crippen MR) is 90.6 cm³/mol. The number of allylic oxidation sites excluding steroid dienone is 1. The lowest BCUT2D eigenvalue weighted by Gasteiger charge is -2.51. The Balaban J connectivity index is 1.70. The van der Waals surface area contributed by atoms with E-state index in [9.17, 15) is 19.5 Å². The molecule has 4 rings (SSSR count). The maximum absolute atomic E-state index is 12.9. The first kappa shape index (κ1) is 17.5. The SMILES string of the molecule is CC1=C(CCC2=CC(O)OC2=O)C2(C)CCCC3(C)C(=O)OC(C1=O)C32. The Morgan fingerprint density at radius 3 is 2.46 bits per heavy atom. The molecule has 0 radical (unpaired) electrons. The van der Waals surface area contributed by atoms with E-state index < -0.39 is 23.8 Å². The molecular weight excluding hydrogens is 336 g/mol. The summed E-state index contributed by atoms with van der Waals surface area (Å²) in [5, 5.41) is 9.44. The second kappa shape index (κ2) is 5.52. The van der Waals surface area contributed by atoms with Gasteiger partial charge in [-0.25, -0.2) is 4.79 Å². The summed E-state index contributed by atoms with van der Waals surface area (Å²) in [6.45, 7) is 5.86. The van der Waals surface area contributed by atoms with Crippen LogP contribution in [0.5, 0.6) is 0 Å². The maximum atomic E-state index is 12.9. The Morgan fingerprint density at radius 2 is 1.81 bits per heavy atom. The lowest BCUT2D eigenvalue weighted by molar-refractivity contribution is -0.151. The number of hydrogen-bond acceptors (Lipinski definition) is 6. The Bertz CT molecular complexity index is 777. The molecule has 5 atom stereocenters. The van der Waals surface area contributed by atoms with E-state index in [2.05, 4.69) is 6.92 Å². The van der Waals surface area contributed by atoms with Gasteiger partial charge in [-0.05, 0) is 56.6 Å². The van der Waals surface area contributed by atoms with E-state index in [-0.39, 0.29) is 23.1 Å². The van der Waals surface area contributed by atoms with E-state index in [1.165, 1.54) is 6.08 Å². The third-order valence-corrected chi connectivity index (χ3v) is 7.02. The van der Waals surface area contributed by atoms with Gasteiger partial charge in [-0.3, -0.25) is 9.59 Å². The summed E-state index contributed by atoms with van der Waals surface area (Å²) >= 11 is 0.